The predicted molar refractivity (Wildman–Crippen MR) is 277 cm³/mol. The fourth-order valence-corrected chi connectivity index (χ4v) is 8.21. The van der Waals surface area contributed by atoms with Gasteiger partial charge in [-0.1, -0.05) is 102 Å². The first-order valence-corrected chi connectivity index (χ1v) is 25.8. The van der Waals surface area contributed by atoms with Crippen LogP contribution < -0.4 is 26.6 Å². The molecule has 0 heterocycles. The van der Waals surface area contributed by atoms with Crippen LogP contribution in [-0.2, 0) is 43.1 Å². The summed E-state index contributed by atoms with van der Waals surface area (Å²) < 4.78 is 5.24. The minimum atomic E-state index is -1.66. The summed E-state index contributed by atoms with van der Waals surface area (Å²) in [7, 11) is 4.27. The lowest BCUT2D eigenvalue weighted by Gasteiger charge is -2.36. The molecule has 414 valence electrons. The molecular formula is C52H94N8O12. The zero-order chi connectivity index (χ0) is 55.9. The van der Waals surface area contributed by atoms with Crippen molar-refractivity contribution < 1.29 is 58.1 Å². The second-order valence-electron chi connectivity index (χ2n) is 21.4. The number of amides is 8. The molecule has 0 bridgehead atoms. The number of hydrogen-bond donors (Lipinski definition) is 7. The molecule has 0 aliphatic heterocycles. The SMILES string of the molecule is C/C=C/CC(C)C(O)C(NC(=O)[C@H](C(C)C)N(C)C(=O)[C@H](CC(C)C)NC(=O)[C@H](CC(C)C)N(C)C(=O)[C@H](C)NC(=O)[C@H](C)NC(=O)[C@H](CC(C)C)N(C)C(=O)[C@H](CC(C)C)NC(=O)OCCCC)C(=O)O. The highest BCUT2D eigenvalue weighted by Crippen LogP contribution is 2.20. The third-order valence-corrected chi connectivity index (χ3v) is 12.4. The van der Waals surface area contributed by atoms with E-state index in [1.807, 2.05) is 62.3 Å². The van der Waals surface area contributed by atoms with Crippen LogP contribution in [0.25, 0.3) is 0 Å². The smallest absolute Gasteiger partial charge is 0.407 e. The molecule has 7 N–H and O–H groups in total. The van der Waals surface area contributed by atoms with Crippen molar-refractivity contribution in [1.29, 1.82) is 0 Å². The van der Waals surface area contributed by atoms with E-state index < -0.39 is 120 Å². The molecule has 8 amide bonds. The van der Waals surface area contributed by atoms with Crippen LogP contribution in [0, 0.1) is 35.5 Å². The van der Waals surface area contributed by atoms with Crippen LogP contribution in [0.3, 0.4) is 0 Å². The second kappa shape index (κ2) is 32.7. The van der Waals surface area contributed by atoms with Gasteiger partial charge in [0.05, 0.1) is 12.7 Å². The lowest BCUT2D eigenvalue weighted by atomic mass is 9.93. The van der Waals surface area contributed by atoms with Crippen LogP contribution in [0.1, 0.15) is 149 Å². The molecule has 20 nitrogen and oxygen atoms in total. The largest absolute Gasteiger partial charge is 0.480 e. The van der Waals surface area contributed by atoms with E-state index in [9.17, 15) is 53.4 Å². The summed E-state index contributed by atoms with van der Waals surface area (Å²) in [6.07, 6.45) is 4.06. The first-order valence-electron chi connectivity index (χ1n) is 25.8. The number of hydrogen-bond acceptors (Lipinski definition) is 11. The number of ether oxygens (including phenoxy) is 1. The number of allylic oxidation sites excluding steroid dienone is 2. The first-order chi connectivity index (χ1) is 33.3. The predicted octanol–water partition coefficient (Wildman–Crippen LogP) is 4.23. The topological polar surface area (TPSA) is 273 Å². The Hall–Kier alpha value is -5.27. The van der Waals surface area contributed by atoms with E-state index in [1.165, 1.54) is 49.7 Å². The third-order valence-electron chi connectivity index (χ3n) is 12.4. The third kappa shape index (κ3) is 22.7. The lowest BCUT2D eigenvalue weighted by Crippen LogP contribution is -2.61. The first kappa shape index (κ1) is 66.7. The Balaban J connectivity index is 6.38. The van der Waals surface area contributed by atoms with Gasteiger partial charge in [0.1, 0.15) is 42.3 Å². The zero-order valence-electron chi connectivity index (χ0n) is 46.8. The van der Waals surface area contributed by atoms with Crippen LogP contribution in [-0.4, -0.2) is 161 Å². The van der Waals surface area contributed by atoms with Crippen LogP contribution >= 0.6 is 0 Å². The van der Waals surface area contributed by atoms with Crippen LogP contribution in [0.2, 0.25) is 0 Å². The van der Waals surface area contributed by atoms with Crippen LogP contribution in [0.15, 0.2) is 12.2 Å². The number of likely N-dealkylation sites (N-methyl/N-ethyl adjacent to an activating group) is 3. The molecule has 0 spiro atoms. The van der Waals surface area contributed by atoms with E-state index in [0.717, 1.165) is 6.42 Å². The number of aliphatic hydroxyl groups excluding tert-OH is 1. The molecule has 20 heteroatoms. The Morgan fingerprint density at radius 1 is 0.556 bits per heavy atom. The number of carbonyl (C=O) groups is 9. The molecule has 0 aliphatic rings. The number of carboxylic acids is 1. The van der Waals surface area contributed by atoms with Crippen LogP contribution in [0.4, 0.5) is 4.79 Å². The highest BCUT2D eigenvalue weighted by Gasteiger charge is 2.41. The maximum absolute atomic E-state index is 14.3. The minimum Gasteiger partial charge on any atom is -0.480 e. The molecule has 3 unspecified atom stereocenters. The van der Waals surface area contributed by atoms with Crippen molar-refractivity contribution in [3.63, 3.8) is 0 Å². The number of alkyl carbamates (subject to hydrolysis) is 1. The van der Waals surface area contributed by atoms with Gasteiger partial charge in [0, 0.05) is 21.1 Å². The number of aliphatic hydroxyl groups is 1. The van der Waals surface area contributed by atoms with E-state index >= 15 is 0 Å². The van der Waals surface area contributed by atoms with Gasteiger partial charge in [-0.2, -0.15) is 0 Å². The van der Waals surface area contributed by atoms with Gasteiger partial charge >= 0.3 is 12.1 Å². The summed E-state index contributed by atoms with van der Waals surface area (Å²) in [5, 5.41) is 34.1. The minimum absolute atomic E-state index is 0.0121. The second-order valence-corrected chi connectivity index (χ2v) is 21.4. The highest BCUT2D eigenvalue weighted by atomic mass is 16.5. The molecule has 10 atom stereocenters. The summed E-state index contributed by atoms with van der Waals surface area (Å²) in [5.41, 5.74) is 0. The lowest BCUT2D eigenvalue weighted by molar-refractivity contribution is -0.149. The molecule has 72 heavy (non-hydrogen) atoms. The van der Waals surface area contributed by atoms with Gasteiger partial charge in [-0.05, 0) is 94.8 Å². The number of unbranched alkanes of at least 4 members (excludes halogenated alkanes) is 1. The van der Waals surface area contributed by atoms with Crippen molar-refractivity contribution in [2.75, 3.05) is 27.7 Å². The fraction of sp³-hybridized carbons (Fsp3) is 0.788. The molecule has 0 fully saturated rings. The Kier molecular flexibility index (Phi) is 30.3. The average molecular weight is 1020 g/mol. The van der Waals surface area contributed by atoms with Gasteiger partial charge < -0.3 is 56.2 Å². The van der Waals surface area contributed by atoms with Crippen molar-refractivity contribution in [3.05, 3.63) is 12.2 Å². The summed E-state index contributed by atoms with van der Waals surface area (Å²) >= 11 is 0. The molecule has 0 aliphatic carbocycles. The molecule has 0 rings (SSSR count). The molecule has 0 saturated heterocycles. The van der Waals surface area contributed by atoms with Gasteiger partial charge in [-0.15, -0.1) is 0 Å². The number of nitrogens with zero attached hydrogens (tertiary/aromatic N) is 3. The Morgan fingerprint density at radius 3 is 1.44 bits per heavy atom. The Morgan fingerprint density at radius 2 is 1.00 bits per heavy atom. The zero-order valence-corrected chi connectivity index (χ0v) is 46.8. The van der Waals surface area contributed by atoms with Gasteiger partial charge in [-0.3, -0.25) is 33.6 Å². The van der Waals surface area contributed by atoms with Gasteiger partial charge in [-0.25, -0.2) is 9.59 Å². The van der Waals surface area contributed by atoms with Gasteiger partial charge in [0.2, 0.25) is 41.4 Å². The Bertz CT molecular complexity index is 1810. The maximum Gasteiger partial charge on any atom is 0.407 e. The van der Waals surface area contributed by atoms with E-state index in [-0.39, 0.29) is 56.0 Å². The van der Waals surface area contributed by atoms with Crippen molar-refractivity contribution in [2.24, 2.45) is 35.5 Å². The van der Waals surface area contributed by atoms with E-state index in [0.29, 0.717) is 12.8 Å². The van der Waals surface area contributed by atoms with Crippen molar-refractivity contribution in [1.82, 2.24) is 41.3 Å². The molecule has 0 aromatic heterocycles. The van der Waals surface area contributed by atoms with Crippen molar-refractivity contribution in [3.8, 4) is 0 Å². The van der Waals surface area contributed by atoms with Gasteiger partial charge in [0.15, 0.2) is 6.04 Å². The number of aliphatic carboxylic acids is 1. The van der Waals surface area contributed by atoms with E-state index in [1.54, 1.807) is 39.8 Å². The highest BCUT2D eigenvalue weighted by molar-refractivity contribution is 5.97. The molecule has 0 saturated carbocycles. The summed E-state index contributed by atoms with van der Waals surface area (Å²) in [6.45, 7) is 26.8. The Labute approximate surface area is 430 Å². The fourth-order valence-electron chi connectivity index (χ4n) is 8.21. The van der Waals surface area contributed by atoms with Crippen molar-refractivity contribution in [2.45, 2.75) is 203 Å². The number of carboxylic acid groups (broad SMARTS) is 1. The summed E-state index contributed by atoms with van der Waals surface area (Å²) in [6, 6.07) is -9.51. The molecule has 0 aromatic rings. The normalized spacial score (nSPS) is 15.9. The average Bonchev–Trinajstić information content (AvgIpc) is 3.28. The molecular weight excluding hydrogens is 929 g/mol. The number of rotatable bonds is 32. The quantitative estimate of drug-likeness (QED) is 0.0369. The maximum atomic E-state index is 14.3. The molecule has 0 aromatic carbocycles. The molecule has 0 radical (unpaired) electrons. The number of carbonyl (C=O) groups excluding carboxylic acids is 8. The van der Waals surface area contributed by atoms with E-state index in [4.69, 9.17) is 4.74 Å². The summed E-state index contributed by atoms with van der Waals surface area (Å²) in [4.78, 5) is 126. The van der Waals surface area contributed by atoms with E-state index in [2.05, 4.69) is 26.6 Å². The monoisotopic (exact) mass is 1020 g/mol. The van der Waals surface area contributed by atoms with Crippen molar-refractivity contribution >= 4 is 53.4 Å². The van der Waals surface area contributed by atoms with Crippen LogP contribution in [0.5, 0.6) is 0 Å². The number of nitrogens with one attached hydrogen (secondary N) is 5. The summed E-state index contributed by atoms with van der Waals surface area (Å²) in [5.74, 6) is -7.33. The van der Waals surface area contributed by atoms with Gasteiger partial charge in [0.25, 0.3) is 0 Å². The standard InChI is InChI=1S/C52H94N8O12/c1-19-21-23-34(13)43(61)41(51(69)70)57-47(65)42(33(11)12)60(18)50(68)37(25-29(3)4)55-46(64)40(28-32(9)10)58(16)48(66)36(15)54-44(62)35(14)53-45(63)39(27-31(7)8)59(17)49(67)38(26-30(5)6)56-52(71)72-24-22-20-2/h19,21,29-43,61H,20,22-28H2,1-18H3,(H,53,63)(H,54,62)(H,55,64)(H,56,71)(H,57,65)(H,69,70)/b21-19+/t34?,35-,36-,37-,38-,39-,40-,41?,42-,43?/m0/s1.